The van der Waals surface area contributed by atoms with Gasteiger partial charge < -0.3 is 33.8 Å². The smallest absolute Gasteiger partial charge is 0.434 e. The molecule has 2 N–H and O–H groups in total. The highest BCUT2D eigenvalue weighted by Crippen LogP contribution is 2.45. The van der Waals surface area contributed by atoms with E-state index in [1.54, 1.807) is 0 Å². The highest BCUT2D eigenvalue weighted by molar-refractivity contribution is 6.34. The van der Waals surface area contributed by atoms with Gasteiger partial charge in [0.1, 0.15) is 34.1 Å². The zero-order chi connectivity index (χ0) is 53.8. The van der Waals surface area contributed by atoms with Gasteiger partial charge in [-0.15, -0.1) is 0 Å². The summed E-state index contributed by atoms with van der Waals surface area (Å²) in [5.41, 5.74) is -6.55. The number of ether oxygens (including phenoxy) is 2. The molecule has 2 fully saturated rings. The van der Waals surface area contributed by atoms with E-state index in [4.69, 9.17) is 64.9 Å². The van der Waals surface area contributed by atoms with E-state index in [1.807, 2.05) is 0 Å². The average molecular weight is 1130 g/mol. The van der Waals surface area contributed by atoms with Crippen LogP contribution in [-0.4, -0.2) is 104 Å². The number of rotatable bonds is 8. The lowest BCUT2D eigenvalue weighted by Gasteiger charge is -2.27. The van der Waals surface area contributed by atoms with Crippen LogP contribution in [0.3, 0.4) is 0 Å². The van der Waals surface area contributed by atoms with Crippen LogP contribution < -0.4 is 5.32 Å². The Morgan fingerprint density at radius 3 is 1.41 bits per heavy atom. The van der Waals surface area contributed by atoms with E-state index in [-0.39, 0.29) is 74.6 Å². The zero-order valence-corrected chi connectivity index (χ0v) is 41.0. The van der Waals surface area contributed by atoms with E-state index >= 15 is 0 Å². The summed E-state index contributed by atoms with van der Waals surface area (Å²) in [4.78, 5) is 27.0. The fourth-order valence-electron chi connectivity index (χ4n) is 7.76. The van der Waals surface area contributed by atoms with Gasteiger partial charge in [-0.25, -0.2) is 22.9 Å². The Hall–Kier alpha value is -6.86. The van der Waals surface area contributed by atoms with E-state index in [2.05, 4.69) is 25.8 Å². The number of amides is 1. The highest BCUT2D eigenvalue weighted by Gasteiger charge is 2.44. The van der Waals surface area contributed by atoms with Crippen molar-refractivity contribution in [2.24, 2.45) is 0 Å². The van der Waals surface area contributed by atoms with Crippen LogP contribution in [0.1, 0.15) is 32.1 Å². The molecule has 75 heavy (non-hydrogen) atoms. The summed E-state index contributed by atoms with van der Waals surface area (Å²) in [7, 11) is 0. The molecular formula is C48H34Cl4F8N8O7. The van der Waals surface area contributed by atoms with E-state index in [0.29, 0.717) is 9.36 Å². The number of aromatic carboxylic acids is 1. The predicted molar refractivity (Wildman–Crippen MR) is 256 cm³/mol. The third-order valence-corrected chi connectivity index (χ3v) is 12.1. The molecule has 2 saturated heterocycles. The molecule has 392 valence electrons. The van der Waals surface area contributed by atoms with Crippen LogP contribution in [0.5, 0.6) is 0 Å². The minimum atomic E-state index is -4.98. The number of benzene rings is 4. The maximum Gasteiger partial charge on any atom is 0.434 e. The van der Waals surface area contributed by atoms with Crippen LogP contribution in [0.4, 0.5) is 35.1 Å². The topological polar surface area (TPSA) is 176 Å². The molecule has 0 saturated carbocycles. The number of hydrogen-bond acceptors (Lipinski definition) is 11. The first kappa shape index (κ1) is 54.4. The second-order valence-corrected chi connectivity index (χ2v) is 17.5. The van der Waals surface area contributed by atoms with Crippen LogP contribution in [0.15, 0.2) is 106 Å². The molecule has 0 aliphatic carbocycles. The average Bonchev–Trinajstić information content (AvgIpc) is 4.20. The molecule has 0 unspecified atom stereocenters. The quantitative estimate of drug-likeness (QED) is 0.138. The number of aromatic nitrogens is 6. The number of halogens is 12. The second kappa shape index (κ2) is 22.9. The Morgan fingerprint density at radius 1 is 0.600 bits per heavy atom. The maximum absolute atomic E-state index is 14.8. The molecule has 15 nitrogen and oxygen atoms in total. The van der Waals surface area contributed by atoms with Gasteiger partial charge in [0.15, 0.2) is 22.9 Å². The van der Waals surface area contributed by atoms with Crippen molar-refractivity contribution in [2.45, 2.75) is 12.4 Å². The summed E-state index contributed by atoms with van der Waals surface area (Å²) in [6.45, 7) is 4.62. The first-order chi connectivity index (χ1) is 35.8. The summed E-state index contributed by atoms with van der Waals surface area (Å²) in [5.74, 6) is -5.44. The number of carboxylic acids is 1. The summed E-state index contributed by atoms with van der Waals surface area (Å²) in [6.07, 6.45) is -8.22. The van der Waals surface area contributed by atoms with Gasteiger partial charge in [-0.05, 0) is 60.7 Å². The number of nitrogens with one attached hydrogen (secondary N) is 1. The SMILES string of the molecule is C1COCCN1.O=C(O)c1c(-c2c(F)cccc2Cl)noc1-c1cnn(-c2cccc(Cl)c2)c1C(F)(F)F.O=C(c1c(-c2c(F)cccc2Cl)noc1-c1cnn(-c2cccc(Cl)c2)c1C(F)(F)F)N1CCOCC1. The summed E-state index contributed by atoms with van der Waals surface area (Å²) in [6, 6.07) is 18.5. The van der Waals surface area contributed by atoms with Gasteiger partial charge in [0.05, 0.1) is 82.5 Å². The van der Waals surface area contributed by atoms with Gasteiger partial charge in [-0.3, -0.25) is 4.79 Å². The molecule has 2 aliphatic heterocycles. The fourth-order valence-corrected chi connectivity index (χ4v) is 8.63. The third kappa shape index (κ3) is 11.8. The van der Waals surface area contributed by atoms with Gasteiger partial charge in [-0.2, -0.15) is 36.5 Å². The fraction of sp³-hybridized carbons (Fsp3) is 0.208. The van der Waals surface area contributed by atoms with Crippen molar-refractivity contribution in [1.29, 1.82) is 0 Å². The van der Waals surface area contributed by atoms with E-state index in [1.165, 1.54) is 77.7 Å². The minimum Gasteiger partial charge on any atom is -0.477 e. The standard InChI is InChI=1S/C24H16Cl2F4N4O3.C20H9Cl2F4N3O3.C4H9NO/c25-13-3-1-4-14(11-13)34-22(24(28,29)30)15(12-31-34)21-19(23(35)33-7-9-36-10-8-33)20(32-37-21)18-16(26)5-2-6-17(18)27;21-9-3-1-4-10(7-9)29-18(20(24,25)26)11(8-27-29)17-15(19(30)31)16(28-32-17)14-12(22)5-2-6-13(14)23;1-3-6-4-2-5-1/h1-6,11-12H,7-10H2;1-8H,(H,30,31);5H,1-4H2. The molecule has 1 amide bonds. The Balaban J connectivity index is 0.000000180. The molecule has 0 bridgehead atoms. The molecule has 10 rings (SSSR count). The Kier molecular flexibility index (Phi) is 16.6. The van der Waals surface area contributed by atoms with E-state index < -0.39 is 86.7 Å². The van der Waals surface area contributed by atoms with Gasteiger partial charge in [0.25, 0.3) is 5.91 Å². The molecule has 0 radical (unpaired) electrons. The third-order valence-electron chi connectivity index (χ3n) is 11.0. The predicted octanol–water partition coefficient (Wildman–Crippen LogP) is 12.1. The number of alkyl halides is 6. The first-order valence-electron chi connectivity index (χ1n) is 21.9. The van der Waals surface area contributed by atoms with Gasteiger partial charge in [-0.1, -0.05) is 81.0 Å². The van der Waals surface area contributed by atoms with Crippen molar-refractivity contribution in [3.63, 3.8) is 0 Å². The van der Waals surface area contributed by atoms with Crippen LogP contribution in [0.25, 0.3) is 56.5 Å². The van der Waals surface area contributed by atoms with Crippen molar-refractivity contribution < 1.29 is 68.3 Å². The van der Waals surface area contributed by atoms with Gasteiger partial charge in [0.2, 0.25) is 0 Å². The molecule has 27 heteroatoms. The number of morpholine rings is 2. The highest BCUT2D eigenvalue weighted by atomic mass is 35.5. The molecule has 4 aromatic carbocycles. The monoisotopic (exact) mass is 1130 g/mol. The molecule has 4 aromatic heterocycles. The van der Waals surface area contributed by atoms with Crippen molar-refractivity contribution in [3.8, 4) is 56.5 Å². The van der Waals surface area contributed by atoms with Crippen LogP contribution in [0.2, 0.25) is 20.1 Å². The van der Waals surface area contributed by atoms with Crippen molar-refractivity contribution in [1.82, 2.24) is 40.1 Å². The van der Waals surface area contributed by atoms with Crippen LogP contribution in [0, 0.1) is 11.6 Å². The normalized spacial score (nSPS) is 13.9. The molecule has 2 aliphatic rings. The molecule has 0 atom stereocenters. The molecular weight excluding hydrogens is 1090 g/mol. The lowest BCUT2D eigenvalue weighted by molar-refractivity contribution is -0.143. The Labute approximate surface area is 438 Å². The summed E-state index contributed by atoms with van der Waals surface area (Å²) < 4.78 is 136. The minimum absolute atomic E-state index is 0.0233. The first-order valence-corrected chi connectivity index (χ1v) is 23.4. The van der Waals surface area contributed by atoms with Crippen LogP contribution in [-0.2, 0) is 21.8 Å². The van der Waals surface area contributed by atoms with Gasteiger partial charge >= 0.3 is 18.3 Å². The Morgan fingerprint density at radius 2 is 1.03 bits per heavy atom. The maximum atomic E-state index is 14.8. The summed E-state index contributed by atoms with van der Waals surface area (Å²) >= 11 is 24.0. The van der Waals surface area contributed by atoms with E-state index in [0.717, 1.165) is 50.8 Å². The summed E-state index contributed by atoms with van der Waals surface area (Å²) in [5, 5.41) is 27.9. The largest absolute Gasteiger partial charge is 0.477 e. The number of carbonyl (C=O) groups excluding carboxylic acids is 1. The number of carboxylic acid groups (broad SMARTS) is 1. The van der Waals surface area contributed by atoms with Gasteiger partial charge in [0, 0.05) is 36.2 Å². The number of hydrogen-bond donors (Lipinski definition) is 2. The zero-order valence-electron chi connectivity index (χ0n) is 38.0. The van der Waals surface area contributed by atoms with E-state index in [9.17, 15) is 49.8 Å². The second-order valence-electron chi connectivity index (χ2n) is 15.8. The lowest BCUT2D eigenvalue weighted by Crippen LogP contribution is -2.41. The van der Waals surface area contributed by atoms with Crippen LogP contribution >= 0.6 is 46.4 Å². The Bertz CT molecular complexity index is 3320. The molecule has 0 spiro atoms. The van der Waals surface area contributed by atoms with Crippen molar-refractivity contribution in [3.05, 3.63) is 152 Å². The number of carbonyl (C=O) groups is 2. The molecule has 6 heterocycles. The number of nitrogens with zero attached hydrogens (tertiary/aromatic N) is 7. The van der Waals surface area contributed by atoms with Crippen molar-refractivity contribution in [2.75, 3.05) is 52.6 Å². The lowest BCUT2D eigenvalue weighted by atomic mass is 10.0. The molecule has 8 aromatic rings. The van der Waals surface area contributed by atoms with Crippen molar-refractivity contribution >= 4 is 58.3 Å².